The highest BCUT2D eigenvalue weighted by molar-refractivity contribution is 5.87. The zero-order valence-corrected chi connectivity index (χ0v) is 13.7. The van der Waals surface area contributed by atoms with Crippen molar-refractivity contribution in [1.29, 1.82) is 0 Å². The predicted molar refractivity (Wildman–Crippen MR) is 77.5 cm³/mol. The van der Waals surface area contributed by atoms with E-state index in [1.807, 2.05) is 0 Å². The molecule has 11 heteroatoms. The maximum Gasteiger partial charge on any atom is 0.436 e. The Labute approximate surface area is 144 Å². The number of nitrogens with one attached hydrogen (secondary N) is 2. The second-order valence-corrected chi connectivity index (χ2v) is 5.20. The smallest absolute Gasteiger partial charge is 0.436 e. The molecule has 0 radical (unpaired) electrons. The standard InChI is InChI=1S/C15H16F6N2O3/c1-3-26-12(25)13(15(19,20)21,23-9(2)24)22-8-10-5-4-6-11(7-10)14(16,17)18/h4-7,22H,3,8H2,1-2H3,(H,23,24)/t13-/m0/s1. The van der Waals surface area contributed by atoms with Crippen LogP contribution in [0.25, 0.3) is 0 Å². The van der Waals surface area contributed by atoms with E-state index >= 15 is 0 Å². The van der Waals surface area contributed by atoms with E-state index in [0.29, 0.717) is 6.07 Å². The van der Waals surface area contributed by atoms with E-state index in [9.17, 15) is 35.9 Å². The third-order valence-electron chi connectivity index (χ3n) is 3.18. The molecule has 0 unspecified atom stereocenters. The molecule has 0 saturated heterocycles. The number of hydrogen-bond donors (Lipinski definition) is 2. The fourth-order valence-electron chi connectivity index (χ4n) is 2.05. The molecular weight excluding hydrogens is 370 g/mol. The number of carbonyl (C=O) groups excluding carboxylic acids is 2. The molecule has 0 aliphatic rings. The third-order valence-corrected chi connectivity index (χ3v) is 3.18. The van der Waals surface area contributed by atoms with Gasteiger partial charge in [0.15, 0.2) is 0 Å². The van der Waals surface area contributed by atoms with Gasteiger partial charge in [0.2, 0.25) is 5.91 Å². The van der Waals surface area contributed by atoms with Crippen molar-refractivity contribution in [1.82, 2.24) is 10.6 Å². The van der Waals surface area contributed by atoms with E-state index < -0.39 is 48.6 Å². The maximum atomic E-state index is 13.5. The Balaban J connectivity index is 3.21. The van der Waals surface area contributed by atoms with Crippen molar-refractivity contribution in [2.75, 3.05) is 6.61 Å². The topological polar surface area (TPSA) is 67.4 Å². The molecule has 146 valence electrons. The molecule has 0 heterocycles. The van der Waals surface area contributed by atoms with E-state index in [2.05, 4.69) is 4.74 Å². The lowest BCUT2D eigenvalue weighted by Crippen LogP contribution is -2.72. The monoisotopic (exact) mass is 386 g/mol. The van der Waals surface area contributed by atoms with Gasteiger partial charge in [-0.25, -0.2) is 4.79 Å². The summed E-state index contributed by atoms with van der Waals surface area (Å²) in [6, 6.07) is 3.53. The van der Waals surface area contributed by atoms with Crippen molar-refractivity contribution in [3.63, 3.8) is 0 Å². The van der Waals surface area contributed by atoms with Crippen LogP contribution in [-0.2, 0) is 27.0 Å². The molecule has 0 aliphatic carbocycles. The van der Waals surface area contributed by atoms with Gasteiger partial charge in [-0.05, 0) is 18.6 Å². The number of alkyl halides is 6. The van der Waals surface area contributed by atoms with Crippen molar-refractivity contribution in [2.45, 2.75) is 38.4 Å². The number of hydrogen-bond acceptors (Lipinski definition) is 4. The lowest BCUT2D eigenvalue weighted by molar-refractivity contribution is -0.222. The van der Waals surface area contributed by atoms with Gasteiger partial charge in [0.05, 0.1) is 12.2 Å². The van der Waals surface area contributed by atoms with Crippen LogP contribution in [0.4, 0.5) is 26.3 Å². The average molecular weight is 386 g/mol. The first kappa shape index (κ1) is 21.7. The molecule has 1 atom stereocenters. The summed E-state index contributed by atoms with van der Waals surface area (Å²) in [4.78, 5) is 23.1. The van der Waals surface area contributed by atoms with Crippen molar-refractivity contribution >= 4 is 11.9 Å². The number of halogens is 6. The zero-order chi connectivity index (χ0) is 20.2. The molecule has 1 rings (SSSR count). The van der Waals surface area contributed by atoms with Crippen molar-refractivity contribution in [3.05, 3.63) is 35.4 Å². The van der Waals surface area contributed by atoms with E-state index in [-0.39, 0.29) is 5.56 Å². The molecule has 26 heavy (non-hydrogen) atoms. The summed E-state index contributed by atoms with van der Waals surface area (Å²) in [6.45, 7) is 0.829. The molecule has 0 aliphatic heterocycles. The van der Waals surface area contributed by atoms with Crippen LogP contribution >= 0.6 is 0 Å². The van der Waals surface area contributed by atoms with Gasteiger partial charge in [0, 0.05) is 13.5 Å². The van der Waals surface area contributed by atoms with E-state index in [1.54, 1.807) is 5.32 Å². The normalized spacial score (nSPS) is 14.5. The molecule has 0 spiro atoms. The fraction of sp³-hybridized carbons (Fsp3) is 0.467. The van der Waals surface area contributed by atoms with Gasteiger partial charge < -0.3 is 10.1 Å². The minimum atomic E-state index is -5.31. The van der Waals surface area contributed by atoms with Gasteiger partial charge in [0.1, 0.15) is 0 Å². The van der Waals surface area contributed by atoms with Crippen LogP contribution in [0.1, 0.15) is 25.0 Å². The molecule has 2 N–H and O–H groups in total. The predicted octanol–water partition coefficient (Wildman–Crippen LogP) is 2.75. The first-order chi connectivity index (χ1) is 11.8. The Morgan fingerprint density at radius 2 is 1.73 bits per heavy atom. The van der Waals surface area contributed by atoms with Crippen LogP contribution in [0, 0.1) is 0 Å². The molecular formula is C15H16F6N2O3. The Morgan fingerprint density at radius 1 is 1.12 bits per heavy atom. The van der Waals surface area contributed by atoms with Crippen molar-refractivity contribution < 1.29 is 40.7 Å². The fourth-order valence-corrected chi connectivity index (χ4v) is 2.05. The number of amides is 1. The minimum Gasteiger partial charge on any atom is -0.463 e. The maximum absolute atomic E-state index is 13.5. The molecule has 0 aromatic heterocycles. The second-order valence-electron chi connectivity index (χ2n) is 5.20. The van der Waals surface area contributed by atoms with E-state index in [1.165, 1.54) is 12.2 Å². The molecule has 0 fully saturated rings. The number of benzene rings is 1. The summed E-state index contributed by atoms with van der Waals surface area (Å²) in [5.74, 6) is -3.01. The molecule has 1 aromatic rings. The Hall–Kier alpha value is -2.30. The van der Waals surface area contributed by atoms with Crippen LogP contribution in [0.5, 0.6) is 0 Å². The summed E-state index contributed by atoms with van der Waals surface area (Å²) in [5.41, 5.74) is -4.84. The minimum absolute atomic E-state index is 0.178. The number of ether oxygens (including phenoxy) is 1. The first-order valence-electron chi connectivity index (χ1n) is 7.27. The van der Waals surface area contributed by atoms with Crippen molar-refractivity contribution in [3.8, 4) is 0 Å². The van der Waals surface area contributed by atoms with E-state index in [4.69, 9.17) is 0 Å². The number of esters is 1. The van der Waals surface area contributed by atoms with Crippen LogP contribution in [-0.4, -0.2) is 30.3 Å². The van der Waals surface area contributed by atoms with Gasteiger partial charge >= 0.3 is 18.3 Å². The van der Waals surface area contributed by atoms with Crippen LogP contribution in [0.3, 0.4) is 0 Å². The van der Waals surface area contributed by atoms with Crippen LogP contribution < -0.4 is 10.6 Å². The van der Waals surface area contributed by atoms with Gasteiger partial charge in [-0.3, -0.25) is 10.1 Å². The molecule has 1 aromatic carbocycles. The second kappa shape index (κ2) is 7.94. The molecule has 1 amide bonds. The lowest BCUT2D eigenvalue weighted by atomic mass is 10.1. The molecule has 0 saturated carbocycles. The largest absolute Gasteiger partial charge is 0.463 e. The summed E-state index contributed by atoms with van der Waals surface area (Å²) in [7, 11) is 0. The SMILES string of the molecule is CCOC(=O)[C@](NCc1cccc(C(F)(F)F)c1)(NC(C)=O)C(F)(F)F. The third kappa shape index (κ3) is 5.10. The average Bonchev–Trinajstić information content (AvgIpc) is 2.49. The van der Waals surface area contributed by atoms with Crippen molar-refractivity contribution in [2.24, 2.45) is 0 Å². The van der Waals surface area contributed by atoms with Crippen LogP contribution in [0.15, 0.2) is 24.3 Å². The Morgan fingerprint density at radius 3 is 2.19 bits per heavy atom. The highest BCUT2D eigenvalue weighted by Gasteiger charge is 2.62. The lowest BCUT2D eigenvalue weighted by Gasteiger charge is -2.34. The van der Waals surface area contributed by atoms with Gasteiger partial charge in [-0.2, -0.15) is 26.3 Å². The zero-order valence-electron chi connectivity index (χ0n) is 13.7. The van der Waals surface area contributed by atoms with Gasteiger partial charge in [0.25, 0.3) is 5.66 Å². The highest BCUT2D eigenvalue weighted by atomic mass is 19.4. The van der Waals surface area contributed by atoms with Crippen LogP contribution in [0.2, 0.25) is 0 Å². The van der Waals surface area contributed by atoms with Gasteiger partial charge in [-0.15, -0.1) is 0 Å². The van der Waals surface area contributed by atoms with E-state index in [0.717, 1.165) is 25.1 Å². The summed E-state index contributed by atoms with van der Waals surface area (Å²) in [6.07, 6.45) is -10.00. The Kier molecular flexibility index (Phi) is 6.64. The quantitative estimate of drug-likeness (QED) is 0.448. The molecule has 5 nitrogen and oxygen atoms in total. The summed E-state index contributed by atoms with van der Waals surface area (Å²) < 4.78 is 83.1. The Bertz CT molecular complexity index is 660. The molecule has 0 bridgehead atoms. The summed E-state index contributed by atoms with van der Waals surface area (Å²) >= 11 is 0. The number of carbonyl (C=O) groups is 2. The summed E-state index contributed by atoms with van der Waals surface area (Å²) in [5, 5.41) is 3.25. The van der Waals surface area contributed by atoms with Gasteiger partial charge in [-0.1, -0.05) is 18.2 Å². The highest BCUT2D eigenvalue weighted by Crippen LogP contribution is 2.32. The number of rotatable bonds is 6. The first-order valence-corrected chi connectivity index (χ1v) is 7.27.